The van der Waals surface area contributed by atoms with E-state index in [1.807, 2.05) is 0 Å². The molecule has 0 amide bonds. The number of aromatic hydroxyl groups is 1. The Morgan fingerprint density at radius 1 is 1.54 bits per heavy atom. The highest BCUT2D eigenvalue weighted by Crippen LogP contribution is 2.28. The van der Waals surface area contributed by atoms with Gasteiger partial charge in [-0.05, 0) is 38.1 Å². The lowest BCUT2D eigenvalue weighted by Gasteiger charge is -2.26. The van der Waals surface area contributed by atoms with Crippen molar-refractivity contribution < 1.29 is 9.63 Å². The van der Waals surface area contributed by atoms with Gasteiger partial charge in [0.2, 0.25) is 0 Å². The van der Waals surface area contributed by atoms with E-state index >= 15 is 0 Å². The van der Waals surface area contributed by atoms with Gasteiger partial charge in [-0.1, -0.05) is 0 Å². The van der Waals surface area contributed by atoms with Gasteiger partial charge in [-0.25, -0.2) is 0 Å². The summed E-state index contributed by atoms with van der Waals surface area (Å²) in [5.41, 5.74) is 0. The molecule has 4 heteroatoms. The van der Waals surface area contributed by atoms with Crippen molar-refractivity contribution in [3.8, 4) is 5.88 Å². The summed E-state index contributed by atoms with van der Waals surface area (Å²) in [4.78, 5) is 2.30. The van der Waals surface area contributed by atoms with Crippen molar-refractivity contribution >= 4 is 0 Å². The molecule has 0 saturated carbocycles. The maximum atomic E-state index is 9.02. The molecule has 1 aromatic heterocycles. The van der Waals surface area contributed by atoms with Crippen LogP contribution in [0.25, 0.3) is 0 Å². The standard InChI is InChI=1S/C9H14N2O2/c1-11-4-2-7(3-5-11)8-6-9(12)10-13-8/h6-7H,2-5H2,1H3,(H,10,12). The summed E-state index contributed by atoms with van der Waals surface area (Å²) >= 11 is 0. The van der Waals surface area contributed by atoms with Crippen LogP contribution in [0.15, 0.2) is 10.6 Å². The summed E-state index contributed by atoms with van der Waals surface area (Å²) in [6.07, 6.45) is 2.18. The molecule has 1 aliphatic rings. The van der Waals surface area contributed by atoms with Crippen LogP contribution in [0.3, 0.4) is 0 Å². The van der Waals surface area contributed by atoms with Crippen LogP contribution < -0.4 is 0 Å². The Balaban J connectivity index is 2.02. The maximum absolute atomic E-state index is 9.02. The Kier molecular flexibility index (Phi) is 2.22. The molecule has 2 heterocycles. The molecule has 72 valence electrons. The fraction of sp³-hybridized carbons (Fsp3) is 0.667. The van der Waals surface area contributed by atoms with Crippen molar-refractivity contribution in [2.45, 2.75) is 18.8 Å². The third-order valence-corrected chi connectivity index (χ3v) is 2.64. The van der Waals surface area contributed by atoms with E-state index in [-0.39, 0.29) is 5.88 Å². The molecule has 2 rings (SSSR count). The summed E-state index contributed by atoms with van der Waals surface area (Å²) in [5.74, 6) is 1.25. The highest BCUT2D eigenvalue weighted by atomic mass is 16.5. The zero-order valence-electron chi connectivity index (χ0n) is 7.73. The van der Waals surface area contributed by atoms with E-state index < -0.39 is 0 Å². The van der Waals surface area contributed by atoms with E-state index in [0.29, 0.717) is 5.92 Å². The van der Waals surface area contributed by atoms with Crippen molar-refractivity contribution in [1.29, 1.82) is 0 Å². The molecule has 1 aliphatic heterocycles. The molecule has 0 aliphatic carbocycles. The van der Waals surface area contributed by atoms with Gasteiger partial charge in [0.1, 0.15) is 5.76 Å². The number of likely N-dealkylation sites (tertiary alicyclic amines) is 1. The van der Waals surface area contributed by atoms with E-state index in [1.54, 1.807) is 6.07 Å². The molecule has 0 unspecified atom stereocenters. The number of piperidine rings is 1. The summed E-state index contributed by atoms with van der Waals surface area (Å²) in [5, 5.41) is 12.5. The SMILES string of the molecule is CN1CCC(c2cc(O)no2)CC1. The fourth-order valence-electron chi connectivity index (χ4n) is 1.76. The topological polar surface area (TPSA) is 49.5 Å². The van der Waals surface area contributed by atoms with Crippen LogP contribution in [0.2, 0.25) is 0 Å². The number of hydrogen-bond acceptors (Lipinski definition) is 4. The molecule has 0 bridgehead atoms. The van der Waals surface area contributed by atoms with Gasteiger partial charge in [-0.15, -0.1) is 0 Å². The van der Waals surface area contributed by atoms with Crippen LogP contribution in [0.4, 0.5) is 0 Å². The van der Waals surface area contributed by atoms with Crippen LogP contribution in [0, 0.1) is 0 Å². The fourth-order valence-corrected chi connectivity index (χ4v) is 1.76. The lowest BCUT2D eigenvalue weighted by molar-refractivity contribution is 0.229. The van der Waals surface area contributed by atoms with Crippen LogP contribution in [0.5, 0.6) is 5.88 Å². The molecular formula is C9H14N2O2. The summed E-state index contributed by atoms with van der Waals surface area (Å²) in [6, 6.07) is 1.62. The molecule has 1 fully saturated rings. The second-order valence-electron chi connectivity index (χ2n) is 3.67. The highest BCUT2D eigenvalue weighted by Gasteiger charge is 2.21. The lowest BCUT2D eigenvalue weighted by Crippen LogP contribution is -2.29. The van der Waals surface area contributed by atoms with Gasteiger partial charge in [0, 0.05) is 12.0 Å². The minimum absolute atomic E-state index is 0.00562. The molecule has 1 saturated heterocycles. The van der Waals surface area contributed by atoms with Gasteiger partial charge in [-0.3, -0.25) is 0 Å². The van der Waals surface area contributed by atoms with Gasteiger partial charge in [0.05, 0.1) is 0 Å². The zero-order chi connectivity index (χ0) is 9.26. The minimum atomic E-state index is -0.00562. The van der Waals surface area contributed by atoms with E-state index in [4.69, 9.17) is 9.63 Å². The number of hydrogen-bond donors (Lipinski definition) is 1. The monoisotopic (exact) mass is 182 g/mol. The molecular weight excluding hydrogens is 168 g/mol. The Morgan fingerprint density at radius 3 is 2.77 bits per heavy atom. The second kappa shape index (κ2) is 3.38. The third kappa shape index (κ3) is 1.83. The van der Waals surface area contributed by atoms with E-state index in [9.17, 15) is 0 Å². The van der Waals surface area contributed by atoms with Crippen molar-refractivity contribution in [3.63, 3.8) is 0 Å². The Morgan fingerprint density at radius 2 is 2.23 bits per heavy atom. The lowest BCUT2D eigenvalue weighted by atomic mass is 9.95. The predicted octanol–water partition coefficient (Wildman–Crippen LogP) is 1.19. The van der Waals surface area contributed by atoms with Crippen LogP contribution in [-0.4, -0.2) is 35.3 Å². The molecule has 0 radical (unpaired) electrons. The van der Waals surface area contributed by atoms with E-state index in [0.717, 1.165) is 31.7 Å². The van der Waals surface area contributed by atoms with Gasteiger partial charge < -0.3 is 14.5 Å². The largest absolute Gasteiger partial charge is 0.491 e. The zero-order valence-corrected chi connectivity index (χ0v) is 7.73. The molecule has 0 spiro atoms. The van der Waals surface area contributed by atoms with Gasteiger partial charge >= 0.3 is 0 Å². The van der Waals surface area contributed by atoms with Crippen LogP contribution >= 0.6 is 0 Å². The molecule has 0 atom stereocenters. The molecule has 4 nitrogen and oxygen atoms in total. The summed E-state index contributed by atoms with van der Waals surface area (Å²) in [6.45, 7) is 2.18. The van der Waals surface area contributed by atoms with Gasteiger partial charge in [0.25, 0.3) is 5.88 Å². The third-order valence-electron chi connectivity index (χ3n) is 2.64. The maximum Gasteiger partial charge on any atom is 0.251 e. The van der Waals surface area contributed by atoms with Crippen LogP contribution in [0.1, 0.15) is 24.5 Å². The molecule has 1 N–H and O–H groups in total. The molecule has 13 heavy (non-hydrogen) atoms. The van der Waals surface area contributed by atoms with E-state index in [1.165, 1.54) is 0 Å². The van der Waals surface area contributed by atoms with Crippen molar-refractivity contribution in [2.24, 2.45) is 0 Å². The first kappa shape index (κ1) is 8.56. The van der Waals surface area contributed by atoms with Crippen molar-refractivity contribution in [2.75, 3.05) is 20.1 Å². The Hall–Kier alpha value is -1.03. The van der Waals surface area contributed by atoms with Crippen molar-refractivity contribution in [3.05, 3.63) is 11.8 Å². The highest BCUT2D eigenvalue weighted by molar-refractivity contribution is 5.13. The predicted molar refractivity (Wildman–Crippen MR) is 47.6 cm³/mol. The average Bonchev–Trinajstić information content (AvgIpc) is 2.53. The summed E-state index contributed by atoms with van der Waals surface area (Å²) < 4.78 is 5.02. The van der Waals surface area contributed by atoms with Gasteiger partial charge in [-0.2, -0.15) is 0 Å². The van der Waals surface area contributed by atoms with Crippen molar-refractivity contribution in [1.82, 2.24) is 10.1 Å². The average molecular weight is 182 g/mol. The first-order valence-electron chi connectivity index (χ1n) is 4.60. The number of rotatable bonds is 1. The molecule has 1 aromatic rings. The van der Waals surface area contributed by atoms with Gasteiger partial charge in [0.15, 0.2) is 0 Å². The second-order valence-corrected chi connectivity index (χ2v) is 3.67. The quantitative estimate of drug-likeness (QED) is 0.708. The molecule has 0 aromatic carbocycles. The summed E-state index contributed by atoms with van der Waals surface area (Å²) in [7, 11) is 2.12. The Labute approximate surface area is 77.1 Å². The normalized spacial score (nSPS) is 20.7. The Bertz CT molecular complexity index is 277. The first-order valence-corrected chi connectivity index (χ1v) is 4.60. The smallest absolute Gasteiger partial charge is 0.251 e. The number of nitrogens with zero attached hydrogens (tertiary/aromatic N) is 2. The van der Waals surface area contributed by atoms with E-state index in [2.05, 4.69) is 17.1 Å². The number of aromatic nitrogens is 1. The van der Waals surface area contributed by atoms with Crippen LogP contribution in [-0.2, 0) is 0 Å². The minimum Gasteiger partial charge on any atom is -0.491 e. The first-order chi connectivity index (χ1) is 6.25.